The molecule has 4 rings (SSSR count). The van der Waals surface area contributed by atoms with Gasteiger partial charge in [0.15, 0.2) is 0 Å². The average Bonchev–Trinajstić information content (AvgIpc) is 3.17. The molecule has 2 aromatic rings. The number of para-hydroxylation sites is 1. The van der Waals surface area contributed by atoms with Crippen molar-refractivity contribution in [2.24, 2.45) is 0 Å². The first kappa shape index (κ1) is 20.6. The molecule has 0 aliphatic carbocycles. The summed E-state index contributed by atoms with van der Waals surface area (Å²) >= 11 is 0. The number of rotatable bonds is 5. The molecule has 2 amide bonds. The van der Waals surface area contributed by atoms with Gasteiger partial charge in [-0.05, 0) is 13.0 Å². The number of nitrogens with one attached hydrogen (secondary N) is 1. The zero-order chi connectivity index (χ0) is 21.1. The van der Waals surface area contributed by atoms with Crippen LogP contribution in [0.25, 0.3) is 10.9 Å². The van der Waals surface area contributed by atoms with Gasteiger partial charge in [0.1, 0.15) is 6.54 Å². The Labute approximate surface area is 176 Å². The van der Waals surface area contributed by atoms with Crippen LogP contribution in [0.15, 0.2) is 30.5 Å². The number of ether oxygens (including phenoxy) is 1. The van der Waals surface area contributed by atoms with Crippen molar-refractivity contribution in [1.29, 1.82) is 0 Å². The maximum absolute atomic E-state index is 13.1. The third-order valence-electron chi connectivity index (χ3n) is 6.15. The van der Waals surface area contributed by atoms with Gasteiger partial charge < -0.3 is 24.0 Å². The van der Waals surface area contributed by atoms with Crippen molar-refractivity contribution in [1.82, 2.24) is 14.4 Å². The van der Waals surface area contributed by atoms with Crippen LogP contribution in [0.4, 0.5) is 0 Å². The molecule has 2 aliphatic rings. The zero-order valence-electron chi connectivity index (χ0n) is 17.4. The Hall–Kier alpha value is -2.71. The molecule has 2 fully saturated rings. The summed E-state index contributed by atoms with van der Waals surface area (Å²) in [6.45, 7) is 8.47. The minimum atomic E-state index is -0.497. The van der Waals surface area contributed by atoms with E-state index in [1.54, 1.807) is 20.6 Å². The lowest BCUT2D eigenvalue weighted by atomic mass is 10.1. The third kappa shape index (κ3) is 4.11. The standard InChI is InChI=1S/C22H28N4O4/c1-2-23-7-9-25(10-8-23)22(29)21(28)18-15-26(19-6-4-3-5-17(18)19)16-20(27)24-11-13-30-14-12-24/h3-6,15H,2,7-14,16H2,1H3/p+1. The van der Waals surface area contributed by atoms with E-state index >= 15 is 0 Å². The second-order valence-corrected chi connectivity index (χ2v) is 7.91. The fourth-order valence-corrected chi connectivity index (χ4v) is 4.26. The highest BCUT2D eigenvalue weighted by molar-refractivity contribution is 6.44. The highest BCUT2D eigenvalue weighted by Gasteiger charge is 2.30. The predicted octanol–water partition coefficient (Wildman–Crippen LogP) is -0.570. The lowest BCUT2D eigenvalue weighted by Crippen LogP contribution is -3.14. The molecular weight excluding hydrogens is 384 g/mol. The number of fused-ring (bicyclic) bond motifs is 1. The molecule has 0 spiro atoms. The SMILES string of the molecule is CC[NH+]1CCN(C(=O)C(=O)c2cn(CC(=O)N3CCOCC3)c3ccccc23)CC1. The quantitative estimate of drug-likeness (QED) is 0.526. The summed E-state index contributed by atoms with van der Waals surface area (Å²) < 4.78 is 7.10. The Balaban J connectivity index is 1.55. The van der Waals surface area contributed by atoms with E-state index in [1.165, 1.54) is 4.90 Å². The molecule has 2 aliphatic heterocycles. The number of aromatic nitrogens is 1. The fourth-order valence-electron chi connectivity index (χ4n) is 4.26. The molecule has 0 atom stereocenters. The molecule has 0 radical (unpaired) electrons. The highest BCUT2D eigenvalue weighted by atomic mass is 16.5. The van der Waals surface area contributed by atoms with Gasteiger partial charge >= 0.3 is 0 Å². The second-order valence-electron chi connectivity index (χ2n) is 7.91. The molecule has 0 unspecified atom stereocenters. The Bertz CT molecular complexity index is 940. The molecule has 0 saturated carbocycles. The van der Waals surface area contributed by atoms with Crippen LogP contribution < -0.4 is 4.90 Å². The predicted molar refractivity (Wildman–Crippen MR) is 111 cm³/mol. The van der Waals surface area contributed by atoms with Crippen LogP contribution >= 0.6 is 0 Å². The number of quaternary nitrogens is 1. The molecule has 1 aromatic carbocycles. The first-order valence-electron chi connectivity index (χ1n) is 10.7. The lowest BCUT2D eigenvalue weighted by Gasteiger charge is -2.31. The maximum Gasteiger partial charge on any atom is 0.295 e. The number of carbonyl (C=O) groups is 3. The van der Waals surface area contributed by atoms with Crippen LogP contribution in [0.3, 0.4) is 0 Å². The van der Waals surface area contributed by atoms with E-state index in [1.807, 2.05) is 24.3 Å². The van der Waals surface area contributed by atoms with Crippen LogP contribution in [-0.2, 0) is 20.9 Å². The first-order chi connectivity index (χ1) is 14.6. The second kappa shape index (κ2) is 8.97. The van der Waals surface area contributed by atoms with Crippen LogP contribution in [0.2, 0.25) is 0 Å². The van der Waals surface area contributed by atoms with E-state index in [9.17, 15) is 14.4 Å². The summed E-state index contributed by atoms with van der Waals surface area (Å²) in [5, 5.41) is 0.712. The molecule has 1 N–H and O–H groups in total. The Morgan fingerprint density at radius 1 is 1.00 bits per heavy atom. The molecular formula is C22H29N4O4+. The average molecular weight is 413 g/mol. The van der Waals surface area contributed by atoms with Gasteiger partial charge in [-0.15, -0.1) is 0 Å². The van der Waals surface area contributed by atoms with E-state index in [0.29, 0.717) is 50.3 Å². The van der Waals surface area contributed by atoms with Crippen molar-refractivity contribution >= 4 is 28.5 Å². The van der Waals surface area contributed by atoms with Crippen molar-refractivity contribution in [3.63, 3.8) is 0 Å². The number of ketones is 1. The lowest BCUT2D eigenvalue weighted by molar-refractivity contribution is -0.902. The topological polar surface area (TPSA) is 76.3 Å². The number of likely N-dealkylation sites (N-methyl/N-ethyl adjacent to an activating group) is 1. The molecule has 3 heterocycles. The summed E-state index contributed by atoms with van der Waals surface area (Å²) in [7, 11) is 0. The number of Topliss-reactive ketones (excluding diaryl/α,β-unsaturated/α-hetero) is 1. The van der Waals surface area contributed by atoms with E-state index in [2.05, 4.69) is 6.92 Å². The van der Waals surface area contributed by atoms with Crippen LogP contribution in [0.5, 0.6) is 0 Å². The molecule has 1 aromatic heterocycles. The number of hydrogen-bond acceptors (Lipinski definition) is 4. The number of amides is 2. The van der Waals surface area contributed by atoms with Gasteiger partial charge in [0.05, 0.1) is 51.5 Å². The van der Waals surface area contributed by atoms with Gasteiger partial charge in [-0.2, -0.15) is 0 Å². The zero-order valence-corrected chi connectivity index (χ0v) is 17.4. The molecule has 30 heavy (non-hydrogen) atoms. The molecule has 8 nitrogen and oxygen atoms in total. The number of morpholine rings is 1. The molecule has 160 valence electrons. The van der Waals surface area contributed by atoms with Crippen LogP contribution in [0.1, 0.15) is 17.3 Å². The number of benzene rings is 1. The van der Waals surface area contributed by atoms with Gasteiger partial charge in [0, 0.05) is 30.2 Å². The molecule has 8 heteroatoms. The van der Waals surface area contributed by atoms with Gasteiger partial charge in [0.2, 0.25) is 5.91 Å². The number of carbonyl (C=O) groups excluding carboxylic acids is 3. The Morgan fingerprint density at radius 3 is 2.40 bits per heavy atom. The largest absolute Gasteiger partial charge is 0.378 e. The van der Waals surface area contributed by atoms with E-state index in [0.717, 1.165) is 25.2 Å². The van der Waals surface area contributed by atoms with E-state index < -0.39 is 11.7 Å². The third-order valence-corrected chi connectivity index (χ3v) is 6.15. The van der Waals surface area contributed by atoms with Gasteiger partial charge in [-0.25, -0.2) is 0 Å². The monoisotopic (exact) mass is 413 g/mol. The summed E-state index contributed by atoms with van der Waals surface area (Å²) in [6.07, 6.45) is 1.66. The Kier molecular flexibility index (Phi) is 6.15. The summed E-state index contributed by atoms with van der Waals surface area (Å²) in [4.78, 5) is 43.6. The van der Waals surface area contributed by atoms with Crippen LogP contribution in [0, 0.1) is 0 Å². The van der Waals surface area contributed by atoms with E-state index in [-0.39, 0.29) is 12.5 Å². The fraction of sp³-hybridized carbons (Fsp3) is 0.500. The Morgan fingerprint density at radius 2 is 1.70 bits per heavy atom. The molecule has 2 saturated heterocycles. The van der Waals surface area contributed by atoms with Crippen molar-refractivity contribution in [3.8, 4) is 0 Å². The smallest absolute Gasteiger partial charge is 0.295 e. The molecule has 0 bridgehead atoms. The highest BCUT2D eigenvalue weighted by Crippen LogP contribution is 2.23. The van der Waals surface area contributed by atoms with Gasteiger partial charge in [-0.3, -0.25) is 14.4 Å². The minimum Gasteiger partial charge on any atom is -0.378 e. The van der Waals surface area contributed by atoms with Crippen molar-refractivity contribution in [2.45, 2.75) is 13.5 Å². The first-order valence-corrected chi connectivity index (χ1v) is 10.7. The van der Waals surface area contributed by atoms with E-state index in [4.69, 9.17) is 4.74 Å². The summed E-state index contributed by atoms with van der Waals surface area (Å²) in [5.74, 6) is -0.959. The van der Waals surface area contributed by atoms with Gasteiger partial charge in [0.25, 0.3) is 11.7 Å². The van der Waals surface area contributed by atoms with Crippen molar-refractivity contribution in [2.75, 3.05) is 59.0 Å². The summed E-state index contributed by atoms with van der Waals surface area (Å²) in [5.41, 5.74) is 1.16. The van der Waals surface area contributed by atoms with Crippen molar-refractivity contribution < 1.29 is 24.0 Å². The number of hydrogen-bond donors (Lipinski definition) is 1. The van der Waals surface area contributed by atoms with Gasteiger partial charge in [-0.1, -0.05) is 18.2 Å². The number of piperazine rings is 1. The number of nitrogens with zero attached hydrogens (tertiary/aromatic N) is 3. The maximum atomic E-state index is 13.1. The van der Waals surface area contributed by atoms with Crippen LogP contribution in [-0.4, -0.2) is 91.0 Å². The normalized spacial score (nSPS) is 18.0. The minimum absolute atomic E-state index is 0.0111. The summed E-state index contributed by atoms with van der Waals surface area (Å²) in [6, 6.07) is 7.44. The van der Waals surface area contributed by atoms with Crippen molar-refractivity contribution in [3.05, 3.63) is 36.0 Å².